The minimum absolute atomic E-state index is 0.252. The smallest absolute Gasteiger partial charge is 0.0436 e. The summed E-state index contributed by atoms with van der Waals surface area (Å²) < 4.78 is 0. The summed E-state index contributed by atoms with van der Waals surface area (Å²) in [5.41, 5.74) is 1.52. The number of piperidine rings is 1. The van der Waals surface area contributed by atoms with Gasteiger partial charge in [-0.3, -0.25) is 0 Å². The first-order valence-electron chi connectivity index (χ1n) is 8.97. The van der Waals surface area contributed by atoms with E-state index in [0.717, 1.165) is 43.9 Å². The average molecular weight is 339 g/mol. The number of aliphatic hydroxyl groups excluding tert-OH is 1. The molecule has 3 nitrogen and oxygen atoms in total. The van der Waals surface area contributed by atoms with Crippen molar-refractivity contribution in [1.29, 1.82) is 0 Å². The zero-order valence-electron chi connectivity index (χ0n) is 14.5. The van der Waals surface area contributed by atoms with Crippen LogP contribution in [-0.4, -0.2) is 37.4 Å². The highest BCUT2D eigenvalue weighted by Gasteiger charge is 2.27. The van der Waals surface area contributed by atoms with Gasteiger partial charge in [-0.1, -0.05) is 25.4 Å². The molecule has 1 aromatic rings. The van der Waals surface area contributed by atoms with Crippen molar-refractivity contribution < 1.29 is 5.11 Å². The number of hydrogen-bond acceptors (Lipinski definition) is 3. The van der Waals surface area contributed by atoms with E-state index in [0.29, 0.717) is 12.6 Å². The fourth-order valence-corrected chi connectivity index (χ4v) is 3.66. The van der Waals surface area contributed by atoms with E-state index in [1.165, 1.54) is 18.5 Å². The topological polar surface area (TPSA) is 35.5 Å². The molecule has 0 radical (unpaired) electrons. The van der Waals surface area contributed by atoms with Crippen molar-refractivity contribution in [3.8, 4) is 0 Å². The molecule has 1 aliphatic rings. The average Bonchev–Trinajstić information content (AvgIpc) is 2.60. The Hall–Kier alpha value is -0.770. The molecule has 0 bridgehead atoms. The van der Waals surface area contributed by atoms with Crippen LogP contribution in [0.4, 0.5) is 5.69 Å². The van der Waals surface area contributed by atoms with Gasteiger partial charge in [-0.25, -0.2) is 0 Å². The lowest BCUT2D eigenvalue weighted by molar-refractivity contribution is 0.157. The van der Waals surface area contributed by atoms with Gasteiger partial charge < -0.3 is 15.3 Å². The molecule has 0 atom stereocenters. The van der Waals surface area contributed by atoms with E-state index in [1.54, 1.807) is 0 Å². The Balaban J connectivity index is 1.81. The molecule has 0 amide bonds. The molecule has 1 aromatic carbocycles. The van der Waals surface area contributed by atoms with Crippen molar-refractivity contribution in [2.45, 2.75) is 52.0 Å². The number of halogens is 1. The first-order valence-corrected chi connectivity index (χ1v) is 9.35. The molecular weight excluding hydrogens is 308 g/mol. The molecule has 0 aromatic heterocycles. The number of benzene rings is 1. The minimum atomic E-state index is 0.252. The molecular formula is C19H31ClN2O. The molecule has 0 saturated carbocycles. The SMILES string of the molecule is CCC(CC)(CCO)CNC1CCN(c2ccc(Cl)cc2)CC1. The van der Waals surface area contributed by atoms with Crippen molar-refractivity contribution in [3.63, 3.8) is 0 Å². The number of nitrogens with zero attached hydrogens (tertiary/aromatic N) is 1. The normalized spacial score (nSPS) is 16.8. The van der Waals surface area contributed by atoms with E-state index in [9.17, 15) is 5.11 Å². The van der Waals surface area contributed by atoms with Crippen molar-refractivity contribution in [2.75, 3.05) is 31.1 Å². The third-order valence-electron chi connectivity index (χ3n) is 5.59. The van der Waals surface area contributed by atoms with Crippen LogP contribution in [0.1, 0.15) is 46.0 Å². The van der Waals surface area contributed by atoms with Crippen molar-refractivity contribution in [3.05, 3.63) is 29.3 Å². The maximum atomic E-state index is 9.34. The molecule has 1 saturated heterocycles. The molecule has 130 valence electrons. The number of hydrogen-bond donors (Lipinski definition) is 2. The Morgan fingerprint density at radius 2 is 1.78 bits per heavy atom. The standard InChI is InChI=1S/C19H31ClN2O/c1-3-19(4-2,11-14-23)15-21-17-9-12-22(13-10-17)18-7-5-16(20)6-8-18/h5-8,17,21,23H,3-4,9-15H2,1-2H3. The monoisotopic (exact) mass is 338 g/mol. The molecule has 1 aliphatic heterocycles. The van der Waals surface area contributed by atoms with Gasteiger partial charge in [-0.05, 0) is 61.8 Å². The molecule has 0 aliphatic carbocycles. The van der Waals surface area contributed by atoms with E-state index in [2.05, 4.69) is 36.2 Å². The van der Waals surface area contributed by atoms with Gasteiger partial charge in [0.05, 0.1) is 0 Å². The summed E-state index contributed by atoms with van der Waals surface area (Å²) in [6.07, 6.45) is 5.49. The van der Waals surface area contributed by atoms with Gasteiger partial charge in [0.1, 0.15) is 0 Å². The molecule has 0 unspecified atom stereocenters. The zero-order valence-corrected chi connectivity index (χ0v) is 15.3. The van der Waals surface area contributed by atoms with Gasteiger partial charge >= 0.3 is 0 Å². The summed E-state index contributed by atoms with van der Waals surface area (Å²) in [5.74, 6) is 0. The molecule has 0 spiro atoms. The number of nitrogens with one attached hydrogen (secondary N) is 1. The second kappa shape index (κ2) is 8.91. The van der Waals surface area contributed by atoms with Crippen LogP contribution in [-0.2, 0) is 0 Å². The van der Waals surface area contributed by atoms with E-state index in [4.69, 9.17) is 11.6 Å². The highest BCUT2D eigenvalue weighted by atomic mass is 35.5. The first-order chi connectivity index (χ1) is 11.1. The number of anilines is 1. The van der Waals surface area contributed by atoms with Gasteiger partial charge in [0, 0.05) is 43.0 Å². The number of aliphatic hydroxyl groups is 1. The zero-order chi connectivity index (χ0) is 16.7. The van der Waals surface area contributed by atoms with E-state index in [-0.39, 0.29) is 5.41 Å². The highest BCUT2D eigenvalue weighted by Crippen LogP contribution is 2.30. The molecule has 4 heteroatoms. The predicted molar refractivity (Wildman–Crippen MR) is 99.4 cm³/mol. The van der Waals surface area contributed by atoms with Crippen LogP contribution in [0.2, 0.25) is 5.02 Å². The van der Waals surface area contributed by atoms with Crippen molar-refractivity contribution in [1.82, 2.24) is 5.32 Å². The summed E-state index contributed by atoms with van der Waals surface area (Å²) in [5, 5.41) is 13.9. The van der Waals surface area contributed by atoms with Gasteiger partial charge in [-0.15, -0.1) is 0 Å². The fraction of sp³-hybridized carbons (Fsp3) is 0.684. The van der Waals surface area contributed by atoms with Gasteiger partial charge in [0.2, 0.25) is 0 Å². The highest BCUT2D eigenvalue weighted by molar-refractivity contribution is 6.30. The maximum absolute atomic E-state index is 9.34. The van der Waals surface area contributed by atoms with Crippen LogP contribution in [0.5, 0.6) is 0 Å². The third kappa shape index (κ3) is 5.10. The Morgan fingerprint density at radius 3 is 2.30 bits per heavy atom. The summed E-state index contributed by atoms with van der Waals surface area (Å²) in [7, 11) is 0. The second-order valence-corrected chi connectivity index (χ2v) is 7.24. The Kier molecular flexibility index (Phi) is 7.19. The largest absolute Gasteiger partial charge is 0.396 e. The minimum Gasteiger partial charge on any atom is -0.396 e. The predicted octanol–water partition coefficient (Wildman–Crippen LogP) is 4.09. The van der Waals surface area contributed by atoms with Gasteiger partial charge in [0.15, 0.2) is 0 Å². The van der Waals surface area contributed by atoms with Gasteiger partial charge in [0.25, 0.3) is 0 Å². The molecule has 1 fully saturated rings. The quantitative estimate of drug-likeness (QED) is 0.749. The third-order valence-corrected chi connectivity index (χ3v) is 5.85. The molecule has 1 heterocycles. The van der Waals surface area contributed by atoms with Crippen LogP contribution >= 0.6 is 11.6 Å². The molecule has 23 heavy (non-hydrogen) atoms. The Morgan fingerprint density at radius 1 is 1.17 bits per heavy atom. The van der Waals surface area contributed by atoms with Crippen LogP contribution < -0.4 is 10.2 Å². The van der Waals surface area contributed by atoms with Crippen molar-refractivity contribution >= 4 is 17.3 Å². The summed E-state index contributed by atoms with van der Waals surface area (Å²) >= 11 is 5.96. The van der Waals surface area contributed by atoms with E-state index >= 15 is 0 Å². The lowest BCUT2D eigenvalue weighted by Gasteiger charge is -2.37. The Bertz CT molecular complexity index is 451. The van der Waals surface area contributed by atoms with Gasteiger partial charge in [-0.2, -0.15) is 0 Å². The molecule has 2 rings (SSSR count). The lowest BCUT2D eigenvalue weighted by atomic mass is 9.79. The van der Waals surface area contributed by atoms with Crippen LogP contribution in [0.15, 0.2) is 24.3 Å². The Labute approximate surface area is 146 Å². The fourth-order valence-electron chi connectivity index (χ4n) is 3.53. The second-order valence-electron chi connectivity index (χ2n) is 6.80. The van der Waals surface area contributed by atoms with Crippen LogP contribution in [0.25, 0.3) is 0 Å². The van der Waals surface area contributed by atoms with Crippen LogP contribution in [0, 0.1) is 5.41 Å². The first kappa shape index (κ1) is 18.6. The summed E-state index contributed by atoms with van der Waals surface area (Å²) in [6, 6.07) is 8.74. The van der Waals surface area contributed by atoms with Crippen molar-refractivity contribution in [2.24, 2.45) is 5.41 Å². The number of rotatable bonds is 8. The molecule has 2 N–H and O–H groups in total. The van der Waals surface area contributed by atoms with E-state index in [1.807, 2.05) is 12.1 Å². The summed E-state index contributed by atoms with van der Waals surface area (Å²) in [4.78, 5) is 2.44. The van der Waals surface area contributed by atoms with E-state index < -0.39 is 0 Å². The maximum Gasteiger partial charge on any atom is 0.0436 e. The van der Waals surface area contributed by atoms with Crippen LogP contribution in [0.3, 0.4) is 0 Å². The summed E-state index contributed by atoms with van der Waals surface area (Å²) in [6.45, 7) is 7.97. The lowest BCUT2D eigenvalue weighted by Crippen LogP contribution is -2.46.